The summed E-state index contributed by atoms with van der Waals surface area (Å²) in [5, 5.41) is 59.5. The van der Waals surface area contributed by atoms with Crippen LogP contribution in [0.5, 0.6) is 0 Å². The van der Waals surface area contributed by atoms with Crippen molar-refractivity contribution >= 4 is 5.97 Å². The third-order valence-electron chi connectivity index (χ3n) is 3.21. The molecular weight excluding hydrogens is 292 g/mol. The molecule has 1 aliphatic heterocycles. The minimum absolute atomic E-state index is 0.278. The van der Waals surface area contributed by atoms with Crippen LogP contribution < -0.4 is 0 Å². The molecule has 21 heavy (non-hydrogen) atoms. The second-order valence-corrected chi connectivity index (χ2v) is 4.86. The van der Waals surface area contributed by atoms with E-state index < -0.39 is 55.4 Å². The van der Waals surface area contributed by atoms with Crippen molar-refractivity contribution in [3.05, 3.63) is 4.91 Å². The largest absolute Gasteiger partial charge is 0.480 e. The summed E-state index contributed by atoms with van der Waals surface area (Å²) in [5.74, 6) is -4.12. The van der Waals surface area contributed by atoms with Gasteiger partial charge in [-0.3, -0.25) is 0 Å². The van der Waals surface area contributed by atoms with Crippen LogP contribution in [0.3, 0.4) is 0 Å². The van der Waals surface area contributed by atoms with Crippen LogP contribution >= 0.6 is 0 Å². The fourth-order valence-electron chi connectivity index (χ4n) is 2.02. The Labute approximate surface area is 118 Å². The van der Waals surface area contributed by atoms with E-state index in [4.69, 9.17) is 9.84 Å². The zero-order chi connectivity index (χ0) is 16.4. The van der Waals surface area contributed by atoms with Crippen LogP contribution in [0.1, 0.15) is 6.92 Å². The van der Waals surface area contributed by atoms with Gasteiger partial charge in [-0.25, -0.2) is 9.80 Å². The SMILES string of the molecule is C[C@@H](O)[C@@H](C(=O)O)N(C[C@@]1(O)OC[C@@H](O)[C@@H](O)[C@H]1O)N=O. The van der Waals surface area contributed by atoms with Gasteiger partial charge in [0.2, 0.25) is 5.79 Å². The Kier molecular flexibility index (Phi) is 5.55. The molecule has 1 saturated heterocycles. The van der Waals surface area contributed by atoms with E-state index in [0.717, 1.165) is 6.92 Å². The Bertz CT molecular complexity index is 393. The average Bonchev–Trinajstić information content (AvgIpc) is 2.39. The van der Waals surface area contributed by atoms with E-state index in [1.165, 1.54) is 0 Å². The summed E-state index contributed by atoms with van der Waals surface area (Å²) in [6.45, 7) is -0.380. The summed E-state index contributed by atoms with van der Waals surface area (Å²) in [6.07, 6.45) is -6.73. The topological polar surface area (TPSA) is 180 Å². The molecule has 0 bridgehead atoms. The van der Waals surface area contributed by atoms with Crippen molar-refractivity contribution in [3.63, 3.8) is 0 Å². The van der Waals surface area contributed by atoms with Crippen molar-refractivity contribution in [2.75, 3.05) is 13.2 Å². The molecule has 0 radical (unpaired) electrons. The smallest absolute Gasteiger partial charge is 0.330 e. The normalized spacial score (nSPS) is 35.8. The molecule has 0 spiro atoms. The van der Waals surface area contributed by atoms with Crippen molar-refractivity contribution in [2.24, 2.45) is 5.29 Å². The molecule has 122 valence electrons. The fourth-order valence-corrected chi connectivity index (χ4v) is 2.02. The van der Waals surface area contributed by atoms with Crippen LogP contribution in [0.4, 0.5) is 0 Å². The van der Waals surface area contributed by atoms with Crippen molar-refractivity contribution in [2.45, 2.75) is 43.2 Å². The lowest BCUT2D eigenvalue weighted by Crippen LogP contribution is -2.65. The van der Waals surface area contributed by atoms with Gasteiger partial charge in [0, 0.05) is 0 Å². The van der Waals surface area contributed by atoms with Crippen molar-refractivity contribution in [3.8, 4) is 0 Å². The number of aliphatic hydroxyl groups excluding tert-OH is 4. The van der Waals surface area contributed by atoms with Crippen LogP contribution in [0, 0.1) is 4.91 Å². The van der Waals surface area contributed by atoms with Crippen molar-refractivity contribution in [1.29, 1.82) is 0 Å². The van der Waals surface area contributed by atoms with Gasteiger partial charge in [-0.05, 0) is 6.92 Å². The Morgan fingerprint density at radius 3 is 2.48 bits per heavy atom. The lowest BCUT2D eigenvalue weighted by atomic mass is 9.96. The van der Waals surface area contributed by atoms with E-state index >= 15 is 0 Å². The molecule has 1 rings (SSSR count). The van der Waals surface area contributed by atoms with Crippen LogP contribution in [-0.4, -0.2) is 91.0 Å². The second-order valence-electron chi connectivity index (χ2n) is 4.86. The van der Waals surface area contributed by atoms with Crippen molar-refractivity contribution < 1.29 is 40.2 Å². The van der Waals surface area contributed by atoms with Gasteiger partial charge in [-0.2, -0.15) is 0 Å². The summed E-state index contributed by atoms with van der Waals surface area (Å²) in [4.78, 5) is 21.8. The van der Waals surface area contributed by atoms with Crippen LogP contribution in [-0.2, 0) is 9.53 Å². The number of nitroso groups, excluding NO2 is 1. The zero-order valence-electron chi connectivity index (χ0n) is 11.1. The van der Waals surface area contributed by atoms with Gasteiger partial charge in [0.05, 0.1) is 24.5 Å². The maximum absolute atomic E-state index is 11.0. The van der Waals surface area contributed by atoms with Gasteiger partial charge >= 0.3 is 5.97 Å². The molecule has 0 saturated carbocycles. The van der Waals surface area contributed by atoms with Gasteiger partial charge in [-0.15, -0.1) is 4.91 Å². The number of carboxylic acids is 1. The Morgan fingerprint density at radius 2 is 2.05 bits per heavy atom. The highest BCUT2D eigenvalue weighted by Crippen LogP contribution is 2.26. The van der Waals surface area contributed by atoms with Gasteiger partial charge < -0.3 is 35.4 Å². The van der Waals surface area contributed by atoms with Crippen LogP contribution in [0.2, 0.25) is 0 Å². The van der Waals surface area contributed by atoms with Gasteiger partial charge in [-0.1, -0.05) is 0 Å². The molecule has 1 heterocycles. The predicted molar refractivity (Wildman–Crippen MR) is 64.5 cm³/mol. The molecule has 11 nitrogen and oxygen atoms in total. The number of carboxylic acid groups (broad SMARTS) is 1. The summed E-state index contributed by atoms with van der Waals surface area (Å²) in [6, 6.07) is -1.79. The molecule has 0 aromatic rings. The van der Waals surface area contributed by atoms with Crippen LogP contribution in [0.15, 0.2) is 5.29 Å². The standard InChI is InChI=1S/C10H18N2O9/c1-4(13)6(9(17)18)12(11-20)3-10(19)8(16)7(15)5(14)2-21-10/h4-8,13-16,19H,2-3H2,1H3,(H,17,18)/t4-,5-,6+,7-,8-,10-/m1/s1. The summed E-state index contributed by atoms with van der Waals surface area (Å²) in [7, 11) is 0. The minimum Gasteiger partial charge on any atom is -0.480 e. The molecule has 6 N–H and O–H groups in total. The first-order valence-corrected chi connectivity index (χ1v) is 6.05. The highest BCUT2D eigenvalue weighted by Gasteiger charge is 2.51. The Hall–Kier alpha value is -1.37. The number of hydrogen-bond acceptors (Lipinski definition) is 9. The van der Waals surface area contributed by atoms with E-state index in [1.54, 1.807) is 0 Å². The first-order chi connectivity index (χ1) is 9.64. The second kappa shape index (κ2) is 6.60. The summed E-state index contributed by atoms with van der Waals surface area (Å²) in [5.41, 5.74) is 0. The Balaban J connectivity index is 2.94. The number of hydrogen-bond donors (Lipinski definition) is 6. The maximum Gasteiger partial charge on any atom is 0.330 e. The lowest BCUT2D eigenvalue weighted by Gasteiger charge is -2.43. The average molecular weight is 310 g/mol. The number of rotatable bonds is 6. The van der Waals surface area contributed by atoms with Crippen LogP contribution in [0.25, 0.3) is 0 Å². The first-order valence-electron chi connectivity index (χ1n) is 6.05. The van der Waals surface area contributed by atoms with E-state index in [1.807, 2.05) is 0 Å². The zero-order valence-corrected chi connectivity index (χ0v) is 11.1. The minimum atomic E-state index is -2.53. The molecule has 11 heteroatoms. The first kappa shape index (κ1) is 17.7. The molecule has 0 aromatic heterocycles. The molecule has 0 amide bonds. The predicted octanol–water partition coefficient (Wildman–Crippen LogP) is -3.39. The number of aliphatic carboxylic acids is 1. The third-order valence-corrected chi connectivity index (χ3v) is 3.21. The monoisotopic (exact) mass is 310 g/mol. The third kappa shape index (κ3) is 3.64. The number of carbonyl (C=O) groups is 1. The van der Waals surface area contributed by atoms with E-state index in [0.29, 0.717) is 0 Å². The molecule has 0 aromatic carbocycles. The molecule has 6 atom stereocenters. The lowest BCUT2D eigenvalue weighted by molar-refractivity contribution is -0.326. The molecule has 1 fully saturated rings. The number of nitrogens with zero attached hydrogens (tertiary/aromatic N) is 2. The quantitative estimate of drug-likeness (QED) is 0.214. The van der Waals surface area contributed by atoms with E-state index in [9.17, 15) is 35.2 Å². The highest BCUT2D eigenvalue weighted by atomic mass is 16.6. The highest BCUT2D eigenvalue weighted by molar-refractivity contribution is 5.74. The molecule has 0 unspecified atom stereocenters. The molecular formula is C10H18N2O9. The summed E-state index contributed by atoms with van der Waals surface area (Å²) >= 11 is 0. The van der Waals surface area contributed by atoms with Gasteiger partial charge in [0.1, 0.15) is 18.3 Å². The molecule has 1 aliphatic rings. The van der Waals surface area contributed by atoms with Gasteiger partial charge in [0.25, 0.3) is 0 Å². The number of ether oxygens (including phenoxy) is 1. The number of aliphatic hydroxyl groups is 5. The van der Waals surface area contributed by atoms with E-state index in [2.05, 4.69) is 5.29 Å². The van der Waals surface area contributed by atoms with Crippen molar-refractivity contribution in [1.82, 2.24) is 5.01 Å². The molecule has 0 aliphatic carbocycles. The van der Waals surface area contributed by atoms with Gasteiger partial charge in [0.15, 0.2) is 6.04 Å². The fraction of sp³-hybridized carbons (Fsp3) is 0.900. The Morgan fingerprint density at radius 1 is 1.48 bits per heavy atom. The summed E-state index contributed by atoms with van der Waals surface area (Å²) < 4.78 is 4.78. The maximum atomic E-state index is 11.0. The van der Waals surface area contributed by atoms with E-state index in [-0.39, 0.29) is 5.01 Å².